The molecule has 0 aromatic heterocycles. The second kappa shape index (κ2) is 6.17. The van der Waals surface area contributed by atoms with Crippen LogP contribution in [0.1, 0.15) is 33.6 Å². The molecule has 0 saturated carbocycles. The van der Waals surface area contributed by atoms with Crippen molar-refractivity contribution in [1.82, 2.24) is 10.2 Å². The molecule has 1 aromatic rings. The number of fused-ring (bicyclic) bond motifs is 1. The van der Waals surface area contributed by atoms with E-state index in [1.807, 2.05) is 0 Å². The number of nitrogens with one attached hydrogen (secondary N) is 1. The molecule has 1 aromatic carbocycles. The van der Waals surface area contributed by atoms with Crippen molar-refractivity contribution in [1.29, 1.82) is 0 Å². The maximum Gasteiger partial charge on any atom is 0.312 e. The summed E-state index contributed by atoms with van der Waals surface area (Å²) in [7, 11) is 0. The Morgan fingerprint density at radius 1 is 1.10 bits per heavy atom. The van der Waals surface area contributed by atoms with Gasteiger partial charge in [-0.3, -0.25) is 24.1 Å². The van der Waals surface area contributed by atoms with Crippen LogP contribution in [0.4, 0.5) is 0 Å². The van der Waals surface area contributed by atoms with Crippen LogP contribution in [0.2, 0.25) is 0 Å². The van der Waals surface area contributed by atoms with Gasteiger partial charge < -0.3 is 10.4 Å². The first-order chi connectivity index (χ1) is 10.0. The fraction of sp³-hybridized carbons (Fsp3) is 0.286. The minimum absolute atomic E-state index is 0.180. The molecule has 110 valence electrons. The fourth-order valence-corrected chi connectivity index (χ4v) is 2.11. The van der Waals surface area contributed by atoms with Crippen LogP contribution in [0.5, 0.6) is 0 Å². The number of hydrogen-bond acceptors (Lipinski definition) is 4. The van der Waals surface area contributed by atoms with E-state index in [0.29, 0.717) is 17.5 Å². The molecular weight excluding hydrogens is 276 g/mol. The van der Waals surface area contributed by atoms with Crippen LogP contribution >= 0.6 is 0 Å². The molecule has 0 unspecified atom stereocenters. The zero-order valence-corrected chi connectivity index (χ0v) is 11.2. The lowest BCUT2D eigenvalue weighted by Crippen LogP contribution is -2.34. The van der Waals surface area contributed by atoms with E-state index < -0.39 is 18.3 Å². The Hall–Kier alpha value is -2.70. The van der Waals surface area contributed by atoms with Gasteiger partial charge in [0.2, 0.25) is 5.91 Å². The molecule has 1 aliphatic heterocycles. The number of imide groups is 1. The van der Waals surface area contributed by atoms with Gasteiger partial charge >= 0.3 is 5.97 Å². The average Bonchev–Trinajstić information content (AvgIpc) is 2.68. The number of aliphatic carboxylic acids is 1. The van der Waals surface area contributed by atoms with E-state index in [1.165, 1.54) is 0 Å². The molecule has 21 heavy (non-hydrogen) atoms. The zero-order valence-electron chi connectivity index (χ0n) is 11.2. The summed E-state index contributed by atoms with van der Waals surface area (Å²) in [6.45, 7) is 0.388. The molecule has 0 bridgehead atoms. The number of benzene rings is 1. The van der Waals surface area contributed by atoms with E-state index in [1.54, 1.807) is 24.3 Å². The first kappa shape index (κ1) is 14.7. The Morgan fingerprint density at radius 3 is 2.19 bits per heavy atom. The Bertz CT molecular complexity index is 576. The van der Waals surface area contributed by atoms with Crippen molar-refractivity contribution in [2.24, 2.45) is 0 Å². The van der Waals surface area contributed by atoms with Gasteiger partial charge in [-0.05, 0) is 18.6 Å². The van der Waals surface area contributed by atoms with Gasteiger partial charge in [0.15, 0.2) is 0 Å². The van der Waals surface area contributed by atoms with Crippen molar-refractivity contribution < 1.29 is 24.3 Å². The van der Waals surface area contributed by atoms with E-state index in [2.05, 4.69) is 5.32 Å². The molecule has 2 N–H and O–H groups in total. The lowest BCUT2D eigenvalue weighted by atomic mass is 10.1. The van der Waals surface area contributed by atoms with Gasteiger partial charge in [-0.15, -0.1) is 0 Å². The van der Waals surface area contributed by atoms with Gasteiger partial charge in [0, 0.05) is 13.1 Å². The Balaban J connectivity index is 1.83. The van der Waals surface area contributed by atoms with Crippen LogP contribution < -0.4 is 5.32 Å². The van der Waals surface area contributed by atoms with Crippen LogP contribution in [0.3, 0.4) is 0 Å². The molecule has 0 fully saturated rings. The zero-order chi connectivity index (χ0) is 15.4. The molecule has 1 heterocycles. The van der Waals surface area contributed by atoms with Gasteiger partial charge in [-0.1, -0.05) is 12.1 Å². The SMILES string of the molecule is O=C(O)CC(=O)NCCCN1C(=O)c2ccccc2C1=O. The average molecular weight is 290 g/mol. The lowest BCUT2D eigenvalue weighted by molar-refractivity contribution is -0.140. The number of carbonyl (C=O) groups is 4. The third-order valence-electron chi connectivity index (χ3n) is 3.07. The monoisotopic (exact) mass is 290 g/mol. The molecule has 0 aliphatic carbocycles. The Labute approximate surface area is 120 Å². The van der Waals surface area contributed by atoms with Crippen LogP contribution in [0, 0.1) is 0 Å². The molecule has 7 heteroatoms. The number of hydrogen-bond donors (Lipinski definition) is 2. The highest BCUT2D eigenvalue weighted by Crippen LogP contribution is 2.22. The summed E-state index contributed by atoms with van der Waals surface area (Å²) < 4.78 is 0. The number of nitrogens with zero attached hydrogens (tertiary/aromatic N) is 1. The van der Waals surface area contributed by atoms with Gasteiger partial charge in [-0.25, -0.2) is 0 Å². The van der Waals surface area contributed by atoms with Crippen molar-refractivity contribution in [3.8, 4) is 0 Å². The summed E-state index contributed by atoms with van der Waals surface area (Å²) in [5.41, 5.74) is 0.773. The van der Waals surface area contributed by atoms with Crippen LogP contribution in [0.15, 0.2) is 24.3 Å². The summed E-state index contributed by atoms with van der Waals surface area (Å²) in [5.74, 6) is -2.47. The standard InChI is InChI=1S/C14H14N2O5/c17-11(8-12(18)19)15-6-3-7-16-13(20)9-4-1-2-5-10(9)14(16)21/h1-2,4-5H,3,6-8H2,(H,15,17)(H,18,19). The lowest BCUT2D eigenvalue weighted by Gasteiger charge is -2.13. The van der Waals surface area contributed by atoms with Gasteiger partial charge in [0.1, 0.15) is 6.42 Å². The van der Waals surface area contributed by atoms with Crippen molar-refractivity contribution in [2.75, 3.05) is 13.1 Å². The highest BCUT2D eigenvalue weighted by atomic mass is 16.4. The normalized spacial score (nSPS) is 13.2. The number of carboxylic acids is 1. The molecule has 7 nitrogen and oxygen atoms in total. The molecule has 0 spiro atoms. The van der Waals surface area contributed by atoms with Crippen LogP contribution in [-0.2, 0) is 9.59 Å². The molecule has 0 saturated heterocycles. The topological polar surface area (TPSA) is 104 Å². The largest absolute Gasteiger partial charge is 0.481 e. The second-order valence-corrected chi connectivity index (χ2v) is 4.58. The number of carboxylic acid groups (broad SMARTS) is 1. The van der Waals surface area contributed by atoms with Crippen molar-refractivity contribution >= 4 is 23.7 Å². The van der Waals surface area contributed by atoms with E-state index in [9.17, 15) is 19.2 Å². The maximum atomic E-state index is 12.0. The van der Waals surface area contributed by atoms with Crippen molar-refractivity contribution in [3.63, 3.8) is 0 Å². The first-order valence-corrected chi connectivity index (χ1v) is 6.44. The number of rotatable bonds is 6. The van der Waals surface area contributed by atoms with Gasteiger partial charge in [0.05, 0.1) is 11.1 Å². The summed E-state index contributed by atoms with van der Waals surface area (Å²) >= 11 is 0. The number of amides is 3. The Morgan fingerprint density at radius 2 is 1.67 bits per heavy atom. The van der Waals surface area contributed by atoms with E-state index in [-0.39, 0.29) is 24.9 Å². The molecule has 3 amide bonds. The molecule has 0 radical (unpaired) electrons. The molecule has 0 atom stereocenters. The van der Waals surface area contributed by atoms with Crippen molar-refractivity contribution in [2.45, 2.75) is 12.8 Å². The minimum Gasteiger partial charge on any atom is -0.481 e. The third-order valence-corrected chi connectivity index (χ3v) is 3.07. The molecule has 2 rings (SSSR count). The Kier molecular flexibility index (Phi) is 4.32. The summed E-state index contributed by atoms with van der Waals surface area (Å²) in [4.78, 5) is 46.6. The summed E-state index contributed by atoms with van der Waals surface area (Å²) in [6.07, 6.45) is -0.218. The van der Waals surface area contributed by atoms with E-state index >= 15 is 0 Å². The fourth-order valence-electron chi connectivity index (χ4n) is 2.11. The van der Waals surface area contributed by atoms with Crippen LogP contribution in [-0.4, -0.2) is 46.8 Å². The van der Waals surface area contributed by atoms with E-state index in [4.69, 9.17) is 5.11 Å². The second-order valence-electron chi connectivity index (χ2n) is 4.58. The maximum absolute atomic E-state index is 12.0. The van der Waals surface area contributed by atoms with Crippen LogP contribution in [0.25, 0.3) is 0 Å². The smallest absolute Gasteiger partial charge is 0.312 e. The quantitative estimate of drug-likeness (QED) is 0.444. The summed E-state index contributed by atoms with van der Waals surface area (Å²) in [6, 6.07) is 6.59. The van der Waals surface area contributed by atoms with E-state index in [0.717, 1.165) is 4.90 Å². The van der Waals surface area contributed by atoms with Crippen molar-refractivity contribution in [3.05, 3.63) is 35.4 Å². The third kappa shape index (κ3) is 3.25. The van der Waals surface area contributed by atoms with Gasteiger partial charge in [-0.2, -0.15) is 0 Å². The summed E-state index contributed by atoms with van der Waals surface area (Å²) in [5, 5.41) is 10.8. The molecule has 1 aliphatic rings. The first-order valence-electron chi connectivity index (χ1n) is 6.44. The minimum atomic E-state index is -1.20. The van der Waals surface area contributed by atoms with Gasteiger partial charge in [0.25, 0.3) is 11.8 Å². The highest BCUT2D eigenvalue weighted by molar-refractivity contribution is 6.21. The predicted molar refractivity (Wildman–Crippen MR) is 71.7 cm³/mol. The molecular formula is C14H14N2O5. The number of carbonyl (C=O) groups excluding carboxylic acids is 3. The predicted octanol–water partition coefficient (Wildman–Crippen LogP) is 0.264. The highest BCUT2D eigenvalue weighted by Gasteiger charge is 2.34.